The van der Waals surface area contributed by atoms with E-state index in [4.69, 9.17) is 9.47 Å². The summed E-state index contributed by atoms with van der Waals surface area (Å²) < 4.78 is 12.4. The maximum atomic E-state index is 12.1. The Balaban J connectivity index is 1.85. The number of carbonyl (C=O) groups excluding carboxylic acids is 1. The van der Waals surface area contributed by atoms with E-state index in [1.54, 1.807) is 49.8 Å². The van der Waals surface area contributed by atoms with Crippen molar-refractivity contribution in [1.82, 2.24) is 9.55 Å². The van der Waals surface area contributed by atoms with Crippen molar-refractivity contribution < 1.29 is 14.3 Å². The van der Waals surface area contributed by atoms with Crippen molar-refractivity contribution >= 4 is 17.0 Å². The Bertz CT molecular complexity index is 808. The molecule has 0 fully saturated rings. The van der Waals surface area contributed by atoms with Crippen LogP contribution in [0.15, 0.2) is 48.8 Å². The van der Waals surface area contributed by atoms with Crippen LogP contribution in [0.5, 0.6) is 11.5 Å². The number of rotatable bonds is 3. The first-order chi connectivity index (χ1) is 10.2. The van der Waals surface area contributed by atoms with Crippen LogP contribution in [0.2, 0.25) is 0 Å². The van der Waals surface area contributed by atoms with Gasteiger partial charge in [0.1, 0.15) is 11.5 Å². The Morgan fingerprint density at radius 1 is 1.14 bits per heavy atom. The normalized spacial score (nSPS) is 10.6. The number of hydrogen-bond acceptors (Lipinski definition) is 4. The third kappa shape index (κ3) is 2.58. The number of nitrogens with zero attached hydrogens (tertiary/aromatic N) is 2. The van der Waals surface area contributed by atoms with Crippen LogP contribution in [-0.4, -0.2) is 22.6 Å². The molecule has 1 aromatic heterocycles. The summed E-state index contributed by atoms with van der Waals surface area (Å²) in [6.45, 7) is 0. The lowest BCUT2D eigenvalue weighted by Gasteiger charge is -2.06. The Hall–Kier alpha value is -2.82. The summed E-state index contributed by atoms with van der Waals surface area (Å²) >= 11 is 0. The maximum Gasteiger partial charge on any atom is 0.343 e. The predicted molar refractivity (Wildman–Crippen MR) is 78.7 cm³/mol. The number of imidazole rings is 1. The smallest absolute Gasteiger partial charge is 0.343 e. The number of carbonyl (C=O) groups is 1. The van der Waals surface area contributed by atoms with Crippen molar-refractivity contribution in [1.29, 1.82) is 0 Å². The molecule has 0 saturated carbocycles. The number of fused-ring (bicyclic) bond motifs is 1. The quantitative estimate of drug-likeness (QED) is 0.547. The van der Waals surface area contributed by atoms with E-state index in [0.29, 0.717) is 17.1 Å². The summed E-state index contributed by atoms with van der Waals surface area (Å²) in [5, 5.41) is 0. The van der Waals surface area contributed by atoms with E-state index in [0.717, 1.165) is 11.0 Å². The highest BCUT2D eigenvalue weighted by atomic mass is 16.5. The number of aromatic nitrogens is 2. The van der Waals surface area contributed by atoms with Gasteiger partial charge in [0.15, 0.2) is 0 Å². The molecule has 0 radical (unpaired) electrons. The fourth-order valence-electron chi connectivity index (χ4n) is 2.10. The minimum atomic E-state index is -0.427. The molecule has 106 valence electrons. The van der Waals surface area contributed by atoms with Gasteiger partial charge in [0.2, 0.25) is 0 Å². The van der Waals surface area contributed by atoms with Gasteiger partial charge in [-0.2, -0.15) is 0 Å². The van der Waals surface area contributed by atoms with E-state index in [1.807, 2.05) is 17.7 Å². The van der Waals surface area contributed by atoms with E-state index in [9.17, 15) is 4.79 Å². The molecular formula is C16H14N2O3. The van der Waals surface area contributed by atoms with Crippen LogP contribution in [0.1, 0.15) is 10.4 Å². The van der Waals surface area contributed by atoms with E-state index < -0.39 is 5.97 Å². The monoisotopic (exact) mass is 282 g/mol. The van der Waals surface area contributed by atoms with Gasteiger partial charge < -0.3 is 14.0 Å². The van der Waals surface area contributed by atoms with E-state index in [-0.39, 0.29) is 0 Å². The zero-order valence-corrected chi connectivity index (χ0v) is 11.7. The van der Waals surface area contributed by atoms with Crippen LogP contribution in [0.3, 0.4) is 0 Å². The van der Waals surface area contributed by atoms with Crippen molar-refractivity contribution in [3.05, 3.63) is 54.4 Å². The third-order valence-corrected chi connectivity index (χ3v) is 3.21. The van der Waals surface area contributed by atoms with Gasteiger partial charge >= 0.3 is 5.97 Å². The van der Waals surface area contributed by atoms with Crippen LogP contribution in [0.4, 0.5) is 0 Å². The van der Waals surface area contributed by atoms with E-state index in [1.165, 1.54) is 0 Å². The summed E-state index contributed by atoms with van der Waals surface area (Å²) in [6, 6.07) is 12.2. The molecule has 0 aliphatic rings. The summed E-state index contributed by atoms with van der Waals surface area (Å²) in [4.78, 5) is 16.4. The number of esters is 1. The zero-order valence-electron chi connectivity index (χ0n) is 11.7. The summed E-state index contributed by atoms with van der Waals surface area (Å²) in [5.74, 6) is 0.655. The molecule has 0 spiro atoms. The summed E-state index contributed by atoms with van der Waals surface area (Å²) in [6.07, 6.45) is 1.72. The van der Waals surface area contributed by atoms with Gasteiger partial charge in [-0.3, -0.25) is 0 Å². The summed E-state index contributed by atoms with van der Waals surface area (Å²) in [5.41, 5.74) is 2.21. The van der Waals surface area contributed by atoms with Crippen LogP contribution in [0, 0.1) is 0 Å². The molecule has 0 aliphatic carbocycles. The van der Waals surface area contributed by atoms with Gasteiger partial charge in [-0.15, -0.1) is 0 Å². The lowest BCUT2D eigenvalue weighted by atomic mass is 10.2. The Morgan fingerprint density at radius 3 is 2.81 bits per heavy atom. The molecule has 2 aromatic carbocycles. The Labute approximate surface area is 121 Å². The highest BCUT2D eigenvalue weighted by molar-refractivity contribution is 5.92. The first-order valence-electron chi connectivity index (χ1n) is 6.44. The third-order valence-electron chi connectivity index (χ3n) is 3.21. The van der Waals surface area contributed by atoms with Crippen LogP contribution in [-0.2, 0) is 7.05 Å². The van der Waals surface area contributed by atoms with Crippen molar-refractivity contribution in [3.8, 4) is 11.5 Å². The largest absolute Gasteiger partial charge is 0.497 e. The highest BCUT2D eigenvalue weighted by Crippen LogP contribution is 2.21. The second kappa shape index (κ2) is 5.28. The molecule has 3 rings (SSSR count). The molecule has 5 nitrogen and oxygen atoms in total. The first-order valence-corrected chi connectivity index (χ1v) is 6.44. The van der Waals surface area contributed by atoms with E-state index in [2.05, 4.69) is 4.98 Å². The van der Waals surface area contributed by atoms with E-state index >= 15 is 0 Å². The summed E-state index contributed by atoms with van der Waals surface area (Å²) in [7, 11) is 3.47. The molecule has 0 atom stereocenters. The minimum absolute atomic E-state index is 0.427. The minimum Gasteiger partial charge on any atom is -0.497 e. The average molecular weight is 282 g/mol. The van der Waals surface area contributed by atoms with Gasteiger partial charge in [0.25, 0.3) is 0 Å². The average Bonchev–Trinajstić information content (AvgIpc) is 2.88. The van der Waals surface area contributed by atoms with Crippen molar-refractivity contribution in [2.24, 2.45) is 7.05 Å². The molecule has 0 amide bonds. The molecule has 0 aliphatic heterocycles. The fourth-order valence-corrected chi connectivity index (χ4v) is 2.10. The second-order valence-electron chi connectivity index (χ2n) is 4.63. The second-order valence-corrected chi connectivity index (χ2v) is 4.63. The number of benzene rings is 2. The maximum absolute atomic E-state index is 12.1. The molecular weight excluding hydrogens is 268 g/mol. The standard InChI is InChI=1S/C16H14N2O3/c1-18-10-17-14-9-13(6-7-15(14)18)21-16(19)11-4-3-5-12(8-11)20-2/h3-10H,1-2H3. The predicted octanol–water partition coefficient (Wildman–Crippen LogP) is 2.80. The molecule has 0 unspecified atom stereocenters. The molecule has 0 N–H and O–H groups in total. The molecule has 1 heterocycles. The molecule has 0 bridgehead atoms. The van der Waals surface area contributed by atoms with Gasteiger partial charge in [0, 0.05) is 13.1 Å². The fraction of sp³-hybridized carbons (Fsp3) is 0.125. The molecule has 0 saturated heterocycles. The van der Waals surface area contributed by atoms with Crippen LogP contribution >= 0.6 is 0 Å². The topological polar surface area (TPSA) is 53.4 Å². The highest BCUT2D eigenvalue weighted by Gasteiger charge is 2.10. The SMILES string of the molecule is COc1cccc(C(=O)Oc2ccc3c(c2)ncn3C)c1. The van der Waals surface area contributed by atoms with Crippen LogP contribution < -0.4 is 9.47 Å². The van der Waals surface area contributed by atoms with Gasteiger partial charge in [-0.1, -0.05) is 6.07 Å². The molecule has 21 heavy (non-hydrogen) atoms. The van der Waals surface area contributed by atoms with Gasteiger partial charge in [-0.25, -0.2) is 9.78 Å². The first kappa shape index (κ1) is 13.2. The number of hydrogen-bond donors (Lipinski definition) is 0. The lowest BCUT2D eigenvalue weighted by molar-refractivity contribution is 0.0734. The van der Waals surface area contributed by atoms with Gasteiger partial charge in [-0.05, 0) is 30.3 Å². The number of methoxy groups -OCH3 is 1. The van der Waals surface area contributed by atoms with Crippen molar-refractivity contribution in [3.63, 3.8) is 0 Å². The Morgan fingerprint density at radius 2 is 2.00 bits per heavy atom. The van der Waals surface area contributed by atoms with Crippen LogP contribution in [0.25, 0.3) is 11.0 Å². The van der Waals surface area contributed by atoms with Gasteiger partial charge in [0.05, 0.1) is 30.0 Å². The number of ether oxygens (including phenoxy) is 2. The Kier molecular flexibility index (Phi) is 3.31. The van der Waals surface area contributed by atoms with Crippen molar-refractivity contribution in [2.75, 3.05) is 7.11 Å². The molecule has 5 heteroatoms. The zero-order chi connectivity index (χ0) is 14.8. The number of aryl methyl sites for hydroxylation is 1. The molecule has 3 aromatic rings. The van der Waals surface area contributed by atoms with Crippen molar-refractivity contribution in [2.45, 2.75) is 0 Å². The lowest BCUT2D eigenvalue weighted by Crippen LogP contribution is -2.08.